The Morgan fingerprint density at radius 1 is 1.09 bits per heavy atom. The summed E-state index contributed by atoms with van der Waals surface area (Å²) in [5.41, 5.74) is -0.561. The number of aryl methyl sites for hydroxylation is 1. The number of aliphatic hydroxyl groups is 1. The Morgan fingerprint density at radius 2 is 1.79 bits per heavy atom. The molecular weight excluding hydrogens is 618 g/mol. The lowest BCUT2D eigenvalue weighted by Crippen LogP contribution is -2.08. The van der Waals surface area contributed by atoms with Crippen LogP contribution < -0.4 is 4.74 Å². The zero-order valence-corrected chi connectivity index (χ0v) is 24.0. The molecule has 2 aromatic carbocycles. The predicted molar refractivity (Wildman–Crippen MR) is 146 cm³/mol. The van der Waals surface area contributed by atoms with Crippen LogP contribution in [-0.2, 0) is 22.6 Å². The van der Waals surface area contributed by atoms with Crippen LogP contribution in [0.25, 0.3) is 39.4 Å². The SMILES string of the molecule is COc1ncc(-c2nc(C)oc2-c2cc(-c3cc(F)c(CO)c(S(C)(=O)=O)c3)ccc2-n2cc(Cl)c(C(F)(F)F)n2)cn1. The Kier molecular flexibility index (Phi) is 7.75. The number of nitrogens with zero attached hydrogens (tertiary/aromatic N) is 5. The number of hydrogen-bond acceptors (Lipinski definition) is 9. The van der Waals surface area contributed by atoms with Crippen molar-refractivity contribution in [3.05, 3.63) is 76.9 Å². The van der Waals surface area contributed by atoms with Crippen molar-refractivity contribution in [2.24, 2.45) is 0 Å². The maximum Gasteiger partial charge on any atom is 0.436 e. The first kappa shape index (κ1) is 30.1. The molecule has 5 aromatic rings. The lowest BCUT2D eigenvalue weighted by molar-refractivity contribution is -0.141. The van der Waals surface area contributed by atoms with E-state index in [1.54, 1.807) is 6.92 Å². The quantitative estimate of drug-likeness (QED) is 0.224. The summed E-state index contributed by atoms with van der Waals surface area (Å²) in [5, 5.41) is 12.6. The van der Waals surface area contributed by atoms with Crippen LogP contribution in [-0.4, -0.2) is 51.6 Å². The monoisotopic (exact) mass is 637 g/mol. The summed E-state index contributed by atoms with van der Waals surface area (Å²) in [6.45, 7) is 0.694. The number of halogens is 5. The summed E-state index contributed by atoms with van der Waals surface area (Å²) in [4.78, 5) is 12.1. The van der Waals surface area contributed by atoms with Crippen LogP contribution in [0.2, 0.25) is 5.02 Å². The molecule has 0 spiro atoms. The maximum atomic E-state index is 15.0. The number of aliphatic hydroxyl groups excluding tert-OH is 1. The Morgan fingerprint density at radius 3 is 2.37 bits per heavy atom. The average molecular weight is 638 g/mol. The number of methoxy groups -OCH3 is 1. The highest BCUT2D eigenvalue weighted by Crippen LogP contribution is 2.40. The van der Waals surface area contributed by atoms with Crippen molar-refractivity contribution in [3.8, 4) is 45.4 Å². The molecule has 10 nitrogen and oxygen atoms in total. The number of hydrogen-bond donors (Lipinski definition) is 1. The molecule has 0 radical (unpaired) electrons. The van der Waals surface area contributed by atoms with E-state index in [2.05, 4.69) is 20.1 Å². The van der Waals surface area contributed by atoms with E-state index in [0.717, 1.165) is 23.2 Å². The Bertz CT molecular complexity index is 1960. The van der Waals surface area contributed by atoms with E-state index in [1.807, 2.05) is 0 Å². The summed E-state index contributed by atoms with van der Waals surface area (Å²) in [7, 11) is -2.58. The van der Waals surface area contributed by atoms with Crippen molar-refractivity contribution >= 4 is 21.4 Å². The van der Waals surface area contributed by atoms with Gasteiger partial charge in [0, 0.05) is 42.3 Å². The molecule has 3 aromatic heterocycles. The number of rotatable bonds is 7. The first-order valence-corrected chi connectivity index (χ1v) is 14.4. The molecule has 3 heterocycles. The van der Waals surface area contributed by atoms with E-state index >= 15 is 0 Å². The van der Waals surface area contributed by atoms with E-state index in [4.69, 9.17) is 20.8 Å². The highest BCUT2D eigenvalue weighted by Gasteiger charge is 2.37. The lowest BCUT2D eigenvalue weighted by atomic mass is 9.98. The van der Waals surface area contributed by atoms with E-state index in [1.165, 1.54) is 43.8 Å². The standard InChI is InChI=1S/C27H20ClF4N5O5S/c1-13-35-23(16-9-33-26(41-2)34-10-16)24(42-13)17-6-14(15-7-20(29)18(12-38)22(8-15)43(3,39)40)4-5-21(17)37-11-19(28)25(36-37)27(30,31)32/h4-11,38H,12H2,1-3H3. The minimum absolute atomic E-state index is 0.0686. The zero-order valence-electron chi connectivity index (χ0n) is 22.4. The van der Waals surface area contributed by atoms with Gasteiger partial charge in [0.05, 0.1) is 35.5 Å². The van der Waals surface area contributed by atoms with Gasteiger partial charge in [0.25, 0.3) is 0 Å². The van der Waals surface area contributed by atoms with Crippen LogP contribution in [0.5, 0.6) is 6.01 Å². The van der Waals surface area contributed by atoms with Gasteiger partial charge in [-0.2, -0.15) is 18.3 Å². The van der Waals surface area contributed by atoms with E-state index in [9.17, 15) is 31.1 Å². The molecule has 0 fully saturated rings. The number of benzene rings is 2. The Balaban J connectivity index is 1.79. The first-order chi connectivity index (χ1) is 20.2. The maximum absolute atomic E-state index is 15.0. The molecule has 43 heavy (non-hydrogen) atoms. The normalized spacial score (nSPS) is 12.1. The summed E-state index contributed by atoms with van der Waals surface area (Å²) < 4.78 is 92.3. The fraction of sp³-hybridized carbons (Fsp3) is 0.185. The summed E-state index contributed by atoms with van der Waals surface area (Å²) in [6, 6.07) is 6.58. The van der Waals surface area contributed by atoms with Crippen molar-refractivity contribution in [1.82, 2.24) is 24.7 Å². The minimum Gasteiger partial charge on any atom is -0.467 e. The summed E-state index contributed by atoms with van der Waals surface area (Å²) in [5.74, 6) is -0.713. The van der Waals surface area contributed by atoms with Gasteiger partial charge in [-0.1, -0.05) is 17.7 Å². The van der Waals surface area contributed by atoms with Crippen molar-refractivity contribution < 1.29 is 40.2 Å². The molecule has 16 heteroatoms. The molecule has 0 saturated carbocycles. The van der Waals surface area contributed by atoms with Gasteiger partial charge in [-0.15, -0.1) is 0 Å². The van der Waals surface area contributed by atoms with Crippen molar-refractivity contribution in [3.63, 3.8) is 0 Å². The van der Waals surface area contributed by atoms with Crippen molar-refractivity contribution in [1.29, 1.82) is 0 Å². The van der Waals surface area contributed by atoms with Crippen LogP contribution in [0.1, 0.15) is 17.1 Å². The summed E-state index contributed by atoms with van der Waals surface area (Å²) >= 11 is 5.88. The third kappa shape index (κ3) is 5.83. The first-order valence-electron chi connectivity index (χ1n) is 12.2. The molecule has 0 aliphatic heterocycles. The number of oxazole rings is 1. The molecule has 0 atom stereocenters. The number of aromatic nitrogens is 5. The van der Waals surface area contributed by atoms with E-state index in [0.29, 0.717) is 5.56 Å². The fourth-order valence-electron chi connectivity index (χ4n) is 4.38. The minimum atomic E-state index is -4.84. The second-order valence-electron chi connectivity index (χ2n) is 9.23. The second kappa shape index (κ2) is 11.1. The van der Waals surface area contributed by atoms with Gasteiger partial charge in [-0.3, -0.25) is 0 Å². The number of ether oxygens (including phenoxy) is 1. The Hall–Kier alpha value is -4.34. The molecule has 0 bridgehead atoms. The van der Waals surface area contributed by atoms with Gasteiger partial charge in [0.2, 0.25) is 0 Å². The highest BCUT2D eigenvalue weighted by atomic mass is 35.5. The molecule has 0 unspecified atom stereocenters. The second-order valence-corrected chi connectivity index (χ2v) is 11.6. The van der Waals surface area contributed by atoms with Gasteiger partial charge in [0.15, 0.2) is 27.2 Å². The van der Waals surface area contributed by atoms with Gasteiger partial charge < -0.3 is 14.3 Å². The molecule has 5 rings (SSSR count). The van der Waals surface area contributed by atoms with E-state index < -0.39 is 49.6 Å². The summed E-state index contributed by atoms with van der Waals surface area (Å²) in [6.07, 6.45) is -0.182. The zero-order chi connectivity index (χ0) is 31.3. The van der Waals surface area contributed by atoms with Crippen LogP contribution >= 0.6 is 11.6 Å². The molecule has 0 saturated heterocycles. The van der Waals surface area contributed by atoms with Crippen LogP contribution in [0, 0.1) is 12.7 Å². The van der Waals surface area contributed by atoms with Gasteiger partial charge in [-0.05, 0) is 35.4 Å². The topological polar surface area (TPSA) is 133 Å². The van der Waals surface area contributed by atoms with Crippen molar-refractivity contribution in [2.45, 2.75) is 24.6 Å². The van der Waals surface area contributed by atoms with Gasteiger partial charge in [0.1, 0.15) is 11.5 Å². The molecule has 0 aliphatic carbocycles. The van der Waals surface area contributed by atoms with Gasteiger partial charge in [-0.25, -0.2) is 32.4 Å². The van der Waals surface area contributed by atoms with Crippen LogP contribution in [0.4, 0.5) is 17.6 Å². The van der Waals surface area contributed by atoms with Gasteiger partial charge >= 0.3 is 12.2 Å². The highest BCUT2D eigenvalue weighted by molar-refractivity contribution is 7.90. The average Bonchev–Trinajstić information content (AvgIpc) is 3.54. The Labute approximate surface area is 246 Å². The smallest absolute Gasteiger partial charge is 0.436 e. The third-order valence-electron chi connectivity index (χ3n) is 6.29. The largest absolute Gasteiger partial charge is 0.467 e. The molecule has 224 valence electrons. The lowest BCUT2D eigenvalue weighted by Gasteiger charge is -2.14. The molecule has 0 amide bonds. The van der Waals surface area contributed by atoms with Crippen LogP contribution in [0.3, 0.4) is 0 Å². The predicted octanol–water partition coefficient (Wildman–Crippen LogP) is 5.68. The molecule has 0 aliphatic rings. The molecular formula is C27H20ClF4N5O5S. The molecule has 1 N–H and O–H groups in total. The van der Waals surface area contributed by atoms with Crippen LogP contribution in [0.15, 0.2) is 58.2 Å². The number of alkyl halides is 3. The van der Waals surface area contributed by atoms with E-state index in [-0.39, 0.29) is 45.7 Å². The fourth-order valence-corrected chi connectivity index (χ4v) is 5.57. The number of sulfone groups is 1. The third-order valence-corrected chi connectivity index (χ3v) is 7.73. The van der Waals surface area contributed by atoms with Crippen molar-refractivity contribution in [2.75, 3.05) is 13.4 Å².